The van der Waals surface area contributed by atoms with Gasteiger partial charge in [0.2, 0.25) is 5.13 Å². The fourth-order valence-corrected chi connectivity index (χ4v) is 1.68. The predicted octanol–water partition coefficient (Wildman–Crippen LogP) is 1.56. The van der Waals surface area contributed by atoms with Crippen molar-refractivity contribution in [3.8, 4) is 0 Å². The van der Waals surface area contributed by atoms with Gasteiger partial charge in [0, 0.05) is 23.4 Å². The van der Waals surface area contributed by atoms with Gasteiger partial charge >= 0.3 is 0 Å². The van der Waals surface area contributed by atoms with Gasteiger partial charge in [0.05, 0.1) is 6.54 Å². The SMILES string of the molecule is Cc1ccnc(CNc2nc(C)ns2)n1. The molecule has 2 heterocycles. The smallest absolute Gasteiger partial charge is 0.202 e. The summed E-state index contributed by atoms with van der Waals surface area (Å²) in [5.74, 6) is 1.55. The Hall–Kier alpha value is -1.56. The van der Waals surface area contributed by atoms with Gasteiger partial charge in [-0.25, -0.2) is 15.0 Å². The van der Waals surface area contributed by atoms with Gasteiger partial charge in [-0.15, -0.1) is 0 Å². The Morgan fingerprint density at radius 3 is 2.87 bits per heavy atom. The van der Waals surface area contributed by atoms with Crippen molar-refractivity contribution in [2.45, 2.75) is 20.4 Å². The third-order valence-electron chi connectivity index (χ3n) is 1.77. The van der Waals surface area contributed by atoms with Gasteiger partial charge in [0.25, 0.3) is 0 Å². The van der Waals surface area contributed by atoms with Crippen LogP contribution < -0.4 is 5.32 Å². The van der Waals surface area contributed by atoms with Crippen LogP contribution >= 0.6 is 11.5 Å². The van der Waals surface area contributed by atoms with Gasteiger partial charge in [-0.3, -0.25) is 0 Å². The van der Waals surface area contributed by atoms with Crippen molar-refractivity contribution >= 4 is 16.7 Å². The van der Waals surface area contributed by atoms with Gasteiger partial charge in [-0.05, 0) is 19.9 Å². The molecule has 2 rings (SSSR count). The molecule has 1 N–H and O–H groups in total. The monoisotopic (exact) mass is 221 g/mol. The third kappa shape index (κ3) is 2.69. The largest absolute Gasteiger partial charge is 0.353 e. The average molecular weight is 221 g/mol. The molecule has 0 spiro atoms. The van der Waals surface area contributed by atoms with Crippen molar-refractivity contribution in [2.75, 3.05) is 5.32 Å². The zero-order chi connectivity index (χ0) is 10.7. The highest BCUT2D eigenvalue weighted by atomic mass is 32.1. The molecule has 6 heteroatoms. The number of nitrogens with zero attached hydrogens (tertiary/aromatic N) is 4. The van der Waals surface area contributed by atoms with Gasteiger partial charge in [-0.1, -0.05) is 0 Å². The molecule has 0 aliphatic rings. The number of hydrogen-bond acceptors (Lipinski definition) is 6. The highest BCUT2D eigenvalue weighted by Gasteiger charge is 2.00. The maximum Gasteiger partial charge on any atom is 0.202 e. The van der Waals surface area contributed by atoms with Gasteiger partial charge in [0.1, 0.15) is 11.6 Å². The minimum Gasteiger partial charge on any atom is -0.353 e. The molecule has 0 saturated carbocycles. The lowest BCUT2D eigenvalue weighted by Crippen LogP contribution is -2.04. The molecule has 0 amide bonds. The second-order valence-corrected chi connectivity index (χ2v) is 3.87. The molecule has 0 saturated heterocycles. The topological polar surface area (TPSA) is 63.6 Å². The third-order valence-corrected chi connectivity index (χ3v) is 2.53. The molecule has 78 valence electrons. The van der Waals surface area contributed by atoms with E-state index in [1.807, 2.05) is 19.9 Å². The molecule has 0 aromatic carbocycles. The summed E-state index contributed by atoms with van der Waals surface area (Å²) in [5.41, 5.74) is 0.968. The van der Waals surface area contributed by atoms with Crippen molar-refractivity contribution in [1.29, 1.82) is 0 Å². The molecule has 0 aliphatic heterocycles. The molecule has 0 unspecified atom stereocenters. The quantitative estimate of drug-likeness (QED) is 0.852. The fourth-order valence-electron chi connectivity index (χ4n) is 1.11. The van der Waals surface area contributed by atoms with Crippen LogP contribution in [0.25, 0.3) is 0 Å². The Bertz CT molecular complexity index is 453. The highest BCUT2D eigenvalue weighted by Crippen LogP contribution is 2.10. The Balaban J connectivity index is 1.99. The average Bonchev–Trinajstić information content (AvgIpc) is 2.62. The van der Waals surface area contributed by atoms with E-state index in [0.717, 1.165) is 22.5 Å². The maximum atomic E-state index is 4.28. The minimum absolute atomic E-state index is 0.580. The summed E-state index contributed by atoms with van der Waals surface area (Å²) in [4.78, 5) is 12.6. The van der Waals surface area contributed by atoms with Crippen molar-refractivity contribution in [3.63, 3.8) is 0 Å². The van der Waals surface area contributed by atoms with Gasteiger partial charge in [-0.2, -0.15) is 4.37 Å². The normalized spacial score (nSPS) is 10.3. The first-order chi connectivity index (χ1) is 7.24. The summed E-state index contributed by atoms with van der Waals surface area (Å²) in [6, 6.07) is 1.87. The second-order valence-electron chi connectivity index (χ2n) is 3.11. The molecule has 0 atom stereocenters. The molecule has 0 aliphatic carbocycles. The zero-order valence-electron chi connectivity index (χ0n) is 8.56. The van der Waals surface area contributed by atoms with Crippen LogP contribution in [-0.4, -0.2) is 19.3 Å². The molecule has 0 bridgehead atoms. The van der Waals surface area contributed by atoms with E-state index in [0.29, 0.717) is 6.54 Å². The Labute approximate surface area is 91.8 Å². The number of anilines is 1. The van der Waals surface area contributed by atoms with E-state index in [9.17, 15) is 0 Å². The summed E-state index contributed by atoms with van der Waals surface area (Å²) in [7, 11) is 0. The first kappa shape index (κ1) is 9.97. The zero-order valence-corrected chi connectivity index (χ0v) is 9.38. The molecule has 0 radical (unpaired) electrons. The number of nitrogens with one attached hydrogen (secondary N) is 1. The summed E-state index contributed by atoms with van der Waals surface area (Å²) in [6.45, 7) is 4.39. The molecule has 15 heavy (non-hydrogen) atoms. The van der Waals surface area contributed by atoms with Crippen LogP contribution in [0.15, 0.2) is 12.3 Å². The van der Waals surface area contributed by atoms with Gasteiger partial charge in [0.15, 0.2) is 0 Å². The Morgan fingerprint density at radius 2 is 2.20 bits per heavy atom. The fraction of sp³-hybridized carbons (Fsp3) is 0.333. The Kier molecular flexibility index (Phi) is 2.86. The number of hydrogen-bond donors (Lipinski definition) is 1. The minimum atomic E-state index is 0.580. The molecular formula is C9H11N5S. The molecule has 5 nitrogen and oxygen atoms in total. The first-order valence-electron chi connectivity index (χ1n) is 4.57. The molecule has 0 fully saturated rings. The summed E-state index contributed by atoms with van der Waals surface area (Å²) in [6.07, 6.45) is 1.75. The van der Waals surface area contributed by atoms with Crippen LogP contribution in [0, 0.1) is 13.8 Å². The standard InChI is InChI=1S/C9H11N5S/c1-6-3-4-10-8(12-6)5-11-9-13-7(2)14-15-9/h3-4H,5H2,1-2H3,(H,11,13,14). The molecule has 2 aromatic rings. The van der Waals surface area contributed by atoms with Gasteiger partial charge < -0.3 is 5.32 Å². The van der Waals surface area contributed by atoms with Crippen LogP contribution in [0.1, 0.15) is 17.3 Å². The maximum absolute atomic E-state index is 4.28. The lowest BCUT2D eigenvalue weighted by atomic mass is 10.4. The highest BCUT2D eigenvalue weighted by molar-refractivity contribution is 7.09. The number of rotatable bonds is 3. The van der Waals surface area contributed by atoms with Crippen LogP contribution in [-0.2, 0) is 6.54 Å². The van der Waals surface area contributed by atoms with E-state index in [4.69, 9.17) is 0 Å². The van der Waals surface area contributed by atoms with Crippen molar-refractivity contribution in [1.82, 2.24) is 19.3 Å². The van der Waals surface area contributed by atoms with Crippen molar-refractivity contribution in [2.24, 2.45) is 0 Å². The summed E-state index contributed by atoms with van der Waals surface area (Å²) in [5, 5.41) is 3.93. The van der Waals surface area contributed by atoms with Crippen molar-refractivity contribution < 1.29 is 0 Å². The number of aryl methyl sites for hydroxylation is 2. The number of aromatic nitrogens is 4. The first-order valence-corrected chi connectivity index (χ1v) is 5.34. The van der Waals surface area contributed by atoms with E-state index in [1.165, 1.54) is 11.5 Å². The van der Waals surface area contributed by atoms with E-state index in [-0.39, 0.29) is 0 Å². The van der Waals surface area contributed by atoms with Crippen LogP contribution in [0.4, 0.5) is 5.13 Å². The van der Waals surface area contributed by atoms with Crippen LogP contribution in [0.5, 0.6) is 0 Å². The van der Waals surface area contributed by atoms with E-state index < -0.39 is 0 Å². The lowest BCUT2D eigenvalue weighted by molar-refractivity contribution is 0.922. The predicted molar refractivity (Wildman–Crippen MR) is 58.7 cm³/mol. The van der Waals surface area contributed by atoms with Crippen LogP contribution in [0.2, 0.25) is 0 Å². The van der Waals surface area contributed by atoms with Crippen LogP contribution in [0.3, 0.4) is 0 Å². The van der Waals surface area contributed by atoms with E-state index >= 15 is 0 Å². The molecular weight excluding hydrogens is 210 g/mol. The second kappa shape index (κ2) is 4.31. The van der Waals surface area contributed by atoms with E-state index in [1.54, 1.807) is 6.20 Å². The van der Waals surface area contributed by atoms with Crippen molar-refractivity contribution in [3.05, 3.63) is 29.6 Å². The Morgan fingerprint density at radius 1 is 1.33 bits per heavy atom. The van der Waals surface area contributed by atoms with E-state index in [2.05, 4.69) is 24.6 Å². The summed E-state index contributed by atoms with van der Waals surface area (Å²) >= 11 is 1.35. The molecule has 2 aromatic heterocycles. The summed E-state index contributed by atoms with van der Waals surface area (Å²) < 4.78 is 4.07. The lowest BCUT2D eigenvalue weighted by Gasteiger charge is -2.00.